The Balaban J connectivity index is 2.43. The number of ether oxygens (including phenoxy) is 1. The topological polar surface area (TPSA) is 34.1 Å². The van der Waals surface area contributed by atoms with Crippen molar-refractivity contribution in [1.29, 1.82) is 0 Å². The SMILES string of the molecule is C=CCNCCOc1ccc(C)nc1CC. The zero-order chi connectivity index (χ0) is 11.8. The van der Waals surface area contributed by atoms with Gasteiger partial charge in [-0.05, 0) is 25.5 Å². The largest absolute Gasteiger partial charge is 0.490 e. The van der Waals surface area contributed by atoms with Crippen LogP contribution in [-0.4, -0.2) is 24.7 Å². The van der Waals surface area contributed by atoms with Crippen molar-refractivity contribution in [3.05, 3.63) is 36.2 Å². The molecule has 88 valence electrons. The lowest BCUT2D eigenvalue weighted by atomic mass is 10.2. The number of hydrogen-bond acceptors (Lipinski definition) is 3. The van der Waals surface area contributed by atoms with Gasteiger partial charge in [-0.2, -0.15) is 0 Å². The van der Waals surface area contributed by atoms with Crippen LogP contribution in [0, 0.1) is 6.92 Å². The molecule has 0 aliphatic heterocycles. The highest BCUT2D eigenvalue weighted by atomic mass is 16.5. The van der Waals surface area contributed by atoms with Crippen LogP contribution in [0.25, 0.3) is 0 Å². The van der Waals surface area contributed by atoms with Gasteiger partial charge in [0.05, 0.1) is 5.69 Å². The highest BCUT2D eigenvalue weighted by Crippen LogP contribution is 2.16. The number of nitrogens with zero attached hydrogens (tertiary/aromatic N) is 1. The Morgan fingerprint density at radius 3 is 3.00 bits per heavy atom. The van der Waals surface area contributed by atoms with Gasteiger partial charge in [0.1, 0.15) is 12.4 Å². The van der Waals surface area contributed by atoms with E-state index in [1.807, 2.05) is 25.1 Å². The summed E-state index contributed by atoms with van der Waals surface area (Å²) in [6.45, 7) is 10.0. The Bertz CT molecular complexity index is 337. The normalized spacial score (nSPS) is 10.1. The highest BCUT2D eigenvalue weighted by Gasteiger charge is 2.03. The fourth-order valence-electron chi connectivity index (χ4n) is 1.42. The van der Waals surface area contributed by atoms with Crippen molar-refractivity contribution in [2.24, 2.45) is 0 Å². The Hall–Kier alpha value is -1.35. The molecule has 0 spiro atoms. The monoisotopic (exact) mass is 220 g/mol. The van der Waals surface area contributed by atoms with Gasteiger partial charge in [0.25, 0.3) is 0 Å². The van der Waals surface area contributed by atoms with Crippen LogP contribution in [0.3, 0.4) is 0 Å². The zero-order valence-corrected chi connectivity index (χ0v) is 10.1. The maximum Gasteiger partial charge on any atom is 0.140 e. The van der Waals surface area contributed by atoms with Crippen LogP contribution < -0.4 is 10.1 Å². The number of nitrogens with one attached hydrogen (secondary N) is 1. The average Bonchev–Trinajstić information content (AvgIpc) is 2.30. The van der Waals surface area contributed by atoms with E-state index in [1.54, 1.807) is 0 Å². The molecule has 3 nitrogen and oxygen atoms in total. The van der Waals surface area contributed by atoms with Crippen molar-refractivity contribution < 1.29 is 4.74 Å². The summed E-state index contributed by atoms with van der Waals surface area (Å²) in [4.78, 5) is 4.45. The lowest BCUT2D eigenvalue weighted by molar-refractivity contribution is 0.311. The number of aryl methyl sites for hydroxylation is 2. The molecule has 1 aromatic heterocycles. The van der Waals surface area contributed by atoms with E-state index in [-0.39, 0.29) is 0 Å². The van der Waals surface area contributed by atoms with E-state index in [9.17, 15) is 0 Å². The van der Waals surface area contributed by atoms with Gasteiger partial charge in [0, 0.05) is 18.8 Å². The fraction of sp³-hybridized carbons (Fsp3) is 0.462. The minimum atomic E-state index is 0.658. The summed E-state index contributed by atoms with van der Waals surface area (Å²) in [5, 5.41) is 3.19. The van der Waals surface area contributed by atoms with Crippen LogP contribution in [0.1, 0.15) is 18.3 Å². The van der Waals surface area contributed by atoms with Gasteiger partial charge in [0.15, 0.2) is 0 Å². The van der Waals surface area contributed by atoms with Gasteiger partial charge in [-0.25, -0.2) is 0 Å². The van der Waals surface area contributed by atoms with E-state index in [1.165, 1.54) is 0 Å². The second kappa shape index (κ2) is 7.01. The van der Waals surface area contributed by atoms with Crippen molar-refractivity contribution >= 4 is 0 Å². The highest BCUT2D eigenvalue weighted by molar-refractivity contribution is 5.29. The van der Waals surface area contributed by atoms with Crippen LogP contribution in [-0.2, 0) is 6.42 Å². The third-order valence-corrected chi connectivity index (χ3v) is 2.23. The molecule has 0 saturated carbocycles. The first-order valence-electron chi connectivity index (χ1n) is 5.68. The lowest BCUT2D eigenvalue weighted by Gasteiger charge is -2.10. The van der Waals surface area contributed by atoms with Crippen LogP contribution >= 0.6 is 0 Å². The van der Waals surface area contributed by atoms with Gasteiger partial charge in [-0.3, -0.25) is 4.98 Å². The second-order valence-electron chi connectivity index (χ2n) is 3.59. The molecule has 1 aromatic rings. The maximum absolute atomic E-state index is 5.67. The first-order chi connectivity index (χ1) is 7.77. The van der Waals surface area contributed by atoms with Crippen LogP contribution in [0.2, 0.25) is 0 Å². The number of aromatic nitrogens is 1. The molecule has 1 rings (SSSR count). The van der Waals surface area contributed by atoms with Crippen molar-refractivity contribution in [3.8, 4) is 5.75 Å². The molecular weight excluding hydrogens is 200 g/mol. The maximum atomic E-state index is 5.67. The predicted molar refractivity (Wildman–Crippen MR) is 66.9 cm³/mol. The molecule has 0 amide bonds. The third kappa shape index (κ3) is 4.03. The zero-order valence-electron chi connectivity index (χ0n) is 10.1. The molecule has 0 atom stereocenters. The first kappa shape index (κ1) is 12.7. The summed E-state index contributed by atoms with van der Waals surface area (Å²) < 4.78 is 5.67. The van der Waals surface area contributed by atoms with Crippen molar-refractivity contribution in [1.82, 2.24) is 10.3 Å². The summed E-state index contributed by atoms with van der Waals surface area (Å²) in [5.74, 6) is 0.897. The van der Waals surface area contributed by atoms with E-state index < -0.39 is 0 Å². The second-order valence-corrected chi connectivity index (χ2v) is 3.59. The average molecular weight is 220 g/mol. The molecular formula is C13H20N2O. The molecule has 0 aliphatic carbocycles. The molecule has 1 heterocycles. The van der Waals surface area contributed by atoms with E-state index in [0.717, 1.165) is 36.6 Å². The Morgan fingerprint density at radius 1 is 1.50 bits per heavy atom. The minimum Gasteiger partial charge on any atom is -0.490 e. The summed E-state index contributed by atoms with van der Waals surface area (Å²) in [6, 6.07) is 3.97. The van der Waals surface area contributed by atoms with Crippen molar-refractivity contribution in [3.63, 3.8) is 0 Å². The van der Waals surface area contributed by atoms with Gasteiger partial charge >= 0.3 is 0 Å². The van der Waals surface area contributed by atoms with Crippen LogP contribution in [0.5, 0.6) is 5.75 Å². The molecule has 0 unspecified atom stereocenters. The molecule has 0 fully saturated rings. The quantitative estimate of drug-likeness (QED) is 0.564. The van der Waals surface area contributed by atoms with Crippen LogP contribution in [0.4, 0.5) is 0 Å². The van der Waals surface area contributed by atoms with E-state index in [0.29, 0.717) is 6.61 Å². The fourth-order valence-corrected chi connectivity index (χ4v) is 1.42. The molecule has 0 aliphatic rings. The molecule has 1 N–H and O–H groups in total. The standard InChI is InChI=1S/C13H20N2O/c1-4-8-14-9-10-16-13-7-6-11(3)15-12(13)5-2/h4,6-7,14H,1,5,8-10H2,2-3H3. The van der Waals surface area contributed by atoms with Gasteiger partial charge < -0.3 is 10.1 Å². The molecule has 0 radical (unpaired) electrons. The van der Waals surface area contributed by atoms with Crippen molar-refractivity contribution in [2.45, 2.75) is 20.3 Å². The van der Waals surface area contributed by atoms with Gasteiger partial charge in [-0.15, -0.1) is 6.58 Å². The van der Waals surface area contributed by atoms with Crippen molar-refractivity contribution in [2.75, 3.05) is 19.7 Å². The molecule has 0 aromatic carbocycles. The number of pyridine rings is 1. The van der Waals surface area contributed by atoms with E-state index >= 15 is 0 Å². The molecule has 0 saturated heterocycles. The molecule has 3 heteroatoms. The Morgan fingerprint density at radius 2 is 2.31 bits per heavy atom. The summed E-state index contributed by atoms with van der Waals surface area (Å²) in [5.41, 5.74) is 2.07. The van der Waals surface area contributed by atoms with E-state index in [2.05, 4.69) is 23.8 Å². The Kier molecular flexibility index (Phi) is 5.57. The van der Waals surface area contributed by atoms with Gasteiger partial charge in [0.2, 0.25) is 0 Å². The summed E-state index contributed by atoms with van der Waals surface area (Å²) in [7, 11) is 0. The first-order valence-corrected chi connectivity index (χ1v) is 5.68. The number of rotatable bonds is 7. The number of hydrogen-bond donors (Lipinski definition) is 1. The molecule has 0 bridgehead atoms. The van der Waals surface area contributed by atoms with Gasteiger partial charge in [-0.1, -0.05) is 13.0 Å². The Labute approximate surface area is 97.5 Å². The predicted octanol–water partition coefficient (Wildman–Crippen LogP) is 2.11. The smallest absolute Gasteiger partial charge is 0.140 e. The lowest BCUT2D eigenvalue weighted by Crippen LogP contribution is -2.21. The third-order valence-electron chi connectivity index (χ3n) is 2.23. The summed E-state index contributed by atoms with van der Waals surface area (Å²) >= 11 is 0. The van der Waals surface area contributed by atoms with E-state index in [4.69, 9.17) is 4.74 Å². The van der Waals surface area contributed by atoms with Crippen LogP contribution in [0.15, 0.2) is 24.8 Å². The molecule has 16 heavy (non-hydrogen) atoms. The summed E-state index contributed by atoms with van der Waals surface area (Å²) in [6.07, 6.45) is 2.74. The minimum absolute atomic E-state index is 0.658.